The third-order valence-corrected chi connectivity index (χ3v) is 11.8. The van der Waals surface area contributed by atoms with Crippen molar-refractivity contribution in [3.8, 4) is 11.8 Å². The Bertz CT molecular complexity index is 2140. The van der Waals surface area contributed by atoms with Gasteiger partial charge in [-0.1, -0.05) is 19.9 Å². The minimum atomic E-state index is -4.78. The fourth-order valence-electron chi connectivity index (χ4n) is 8.15. The molecule has 59 heavy (non-hydrogen) atoms. The zero-order valence-corrected chi connectivity index (χ0v) is 34.6. The lowest BCUT2D eigenvalue weighted by Crippen LogP contribution is -2.47. The van der Waals surface area contributed by atoms with Crippen LogP contribution in [0.2, 0.25) is 0 Å². The number of piperidine rings is 2. The number of nitrogens with one attached hydrogen (secondary N) is 3. The number of carbonyl (C=O) groups is 4. The summed E-state index contributed by atoms with van der Waals surface area (Å²) in [5.41, 5.74) is -0.893. The molecular weight excluding hydrogens is 784 g/mol. The van der Waals surface area contributed by atoms with Crippen molar-refractivity contribution in [3.05, 3.63) is 77.4 Å². The van der Waals surface area contributed by atoms with Gasteiger partial charge in [-0.25, -0.2) is 0 Å². The lowest BCUT2D eigenvalue weighted by molar-refractivity contribution is -0.138. The normalized spacial score (nSPS) is 22.3. The number of hydrogen-bond donors (Lipinski definition) is 4. The van der Waals surface area contributed by atoms with Gasteiger partial charge in [0.25, 0.3) is 5.91 Å². The van der Waals surface area contributed by atoms with E-state index in [1.54, 1.807) is 49.1 Å². The first kappa shape index (κ1) is 43.3. The maximum absolute atomic E-state index is 13.8. The van der Waals surface area contributed by atoms with Gasteiger partial charge in [-0.3, -0.25) is 34.3 Å². The van der Waals surface area contributed by atoms with Crippen molar-refractivity contribution >= 4 is 59.0 Å². The molecule has 0 radical (unpaired) electrons. The zero-order chi connectivity index (χ0) is 42.8. The van der Waals surface area contributed by atoms with Crippen molar-refractivity contribution < 1.29 is 37.1 Å². The number of anilines is 4. The highest BCUT2D eigenvalue weighted by molar-refractivity contribution is 7.81. The summed E-state index contributed by atoms with van der Waals surface area (Å²) >= 11 is 4.75. The summed E-state index contributed by atoms with van der Waals surface area (Å²) in [7, 11) is 0. The predicted molar refractivity (Wildman–Crippen MR) is 222 cm³/mol. The number of alkyl halides is 3. The number of amides is 4. The van der Waals surface area contributed by atoms with E-state index in [4.69, 9.17) is 17.4 Å². The van der Waals surface area contributed by atoms with Crippen molar-refractivity contribution in [3.63, 3.8) is 0 Å². The topological polar surface area (TPSA) is 147 Å². The van der Waals surface area contributed by atoms with Crippen molar-refractivity contribution in [1.29, 1.82) is 5.26 Å². The Morgan fingerprint density at radius 1 is 1.05 bits per heavy atom. The number of nitriles is 1. The van der Waals surface area contributed by atoms with Crippen LogP contribution in [0, 0.1) is 17.2 Å². The average molecular weight is 834 g/mol. The number of benzene rings is 3. The molecule has 0 spiro atoms. The molecule has 0 saturated carbocycles. The van der Waals surface area contributed by atoms with E-state index in [1.165, 1.54) is 11.0 Å². The summed E-state index contributed by atoms with van der Waals surface area (Å²) in [5.74, 6) is -0.0607. The Hall–Kier alpha value is -5.27. The summed E-state index contributed by atoms with van der Waals surface area (Å²) in [4.78, 5) is 55.7. The number of carbonyl (C=O) groups excluding carboxylic acids is 4. The van der Waals surface area contributed by atoms with Gasteiger partial charge in [0.2, 0.25) is 17.7 Å². The quantitative estimate of drug-likeness (QED) is 0.109. The van der Waals surface area contributed by atoms with Gasteiger partial charge in [-0.05, 0) is 125 Å². The van der Waals surface area contributed by atoms with E-state index in [0.717, 1.165) is 43.5 Å². The molecule has 3 fully saturated rings. The summed E-state index contributed by atoms with van der Waals surface area (Å²) in [6.07, 6.45) is -1.48. The molecule has 6 rings (SSSR count). The summed E-state index contributed by atoms with van der Waals surface area (Å²) in [5, 5.41) is 17.7. The number of imide groups is 1. The zero-order valence-electron chi connectivity index (χ0n) is 33.7. The SMILES string of the molecule is CC(C)c1cc(N2[C@@H](S)N(c3ccc(C#N)c(C(F)(F)F)c3)C(=O)C2(C)C)ccc1OCC[C@@H]1CCN(CC(=O)Nc2cccc(NC3CCC(=O)NC3=O)c2)[C@H](C)C1. The van der Waals surface area contributed by atoms with Crippen LogP contribution in [0.4, 0.5) is 35.9 Å². The molecule has 3 aliphatic heterocycles. The first-order valence-corrected chi connectivity index (χ1v) is 20.3. The second kappa shape index (κ2) is 17.5. The van der Waals surface area contributed by atoms with Gasteiger partial charge in [-0.2, -0.15) is 18.4 Å². The maximum atomic E-state index is 13.8. The van der Waals surface area contributed by atoms with Gasteiger partial charge in [0.15, 0.2) is 5.50 Å². The molecule has 3 N–H and O–H groups in total. The largest absolute Gasteiger partial charge is 0.493 e. The molecule has 3 saturated heterocycles. The molecule has 0 aliphatic carbocycles. The Kier molecular flexibility index (Phi) is 12.9. The molecule has 1 unspecified atom stereocenters. The average Bonchev–Trinajstić information content (AvgIpc) is 3.35. The molecule has 314 valence electrons. The molecule has 4 atom stereocenters. The fourth-order valence-corrected chi connectivity index (χ4v) is 8.81. The van der Waals surface area contributed by atoms with Crippen LogP contribution in [0.1, 0.15) is 89.3 Å². The van der Waals surface area contributed by atoms with Crippen LogP contribution in [0.5, 0.6) is 5.75 Å². The summed E-state index contributed by atoms with van der Waals surface area (Å²) in [6.45, 7) is 11.1. The molecule has 16 heteroatoms. The van der Waals surface area contributed by atoms with Crippen LogP contribution in [0.15, 0.2) is 60.7 Å². The Balaban J connectivity index is 1.03. The fraction of sp³-hybridized carbons (Fsp3) is 0.465. The second-order valence-electron chi connectivity index (χ2n) is 16.3. The second-order valence-corrected chi connectivity index (χ2v) is 16.8. The monoisotopic (exact) mass is 833 g/mol. The minimum Gasteiger partial charge on any atom is -0.493 e. The number of ether oxygens (including phenoxy) is 1. The van der Waals surface area contributed by atoms with Crippen LogP contribution >= 0.6 is 12.6 Å². The lowest BCUT2D eigenvalue weighted by Gasteiger charge is -2.37. The number of nitrogens with zero attached hydrogens (tertiary/aromatic N) is 4. The highest BCUT2D eigenvalue weighted by Gasteiger charge is 2.52. The molecule has 3 aromatic carbocycles. The Labute approximate surface area is 347 Å². The van der Waals surface area contributed by atoms with Crippen LogP contribution in [-0.4, -0.2) is 71.3 Å². The maximum Gasteiger partial charge on any atom is 0.417 e. The Morgan fingerprint density at radius 3 is 2.46 bits per heavy atom. The van der Waals surface area contributed by atoms with Crippen molar-refractivity contribution in [2.24, 2.45) is 5.92 Å². The van der Waals surface area contributed by atoms with E-state index in [2.05, 4.69) is 27.8 Å². The van der Waals surface area contributed by atoms with Gasteiger partial charge in [0, 0.05) is 35.2 Å². The number of hydrogen-bond acceptors (Lipinski definition) is 10. The number of rotatable bonds is 12. The molecular formula is C43H50F3N7O5S. The molecule has 12 nitrogen and oxygen atoms in total. The lowest BCUT2D eigenvalue weighted by atomic mass is 9.89. The van der Waals surface area contributed by atoms with Crippen LogP contribution in [0.25, 0.3) is 0 Å². The minimum absolute atomic E-state index is 0.00628. The van der Waals surface area contributed by atoms with E-state index in [9.17, 15) is 37.6 Å². The molecule has 3 heterocycles. The van der Waals surface area contributed by atoms with Gasteiger partial charge < -0.3 is 20.3 Å². The van der Waals surface area contributed by atoms with E-state index >= 15 is 0 Å². The number of thiol groups is 1. The standard InChI is InChI=1S/C43H50F3N7O5S/c1-25(2)33-21-32(53-41(59)52(40(57)42(53,4)5)31-10-9-28(23-47)34(22-31)43(44,45)46)11-13-36(33)58-18-16-27-15-17-51(26(3)19-27)24-38(55)49-30-8-6-7-29(20-30)48-35-12-14-37(54)50-39(35)56/h6-11,13,20-22,25-27,35,41,48,59H,12,14-19,24H2,1-5H3,(H,49,55)(H,50,54,56)/t26-,27+,35?,41+/m1/s1. The van der Waals surface area contributed by atoms with E-state index in [1.807, 2.05) is 32.0 Å². The van der Waals surface area contributed by atoms with Gasteiger partial charge in [0.05, 0.1) is 30.3 Å². The van der Waals surface area contributed by atoms with E-state index in [-0.39, 0.29) is 48.3 Å². The Morgan fingerprint density at radius 2 is 1.78 bits per heavy atom. The molecule has 0 aromatic heterocycles. The molecule has 3 aliphatic rings. The van der Waals surface area contributed by atoms with Crippen molar-refractivity contribution in [2.45, 2.75) is 102 Å². The third kappa shape index (κ3) is 9.63. The highest BCUT2D eigenvalue weighted by atomic mass is 32.1. The van der Waals surface area contributed by atoms with Crippen molar-refractivity contribution in [1.82, 2.24) is 10.2 Å². The smallest absolute Gasteiger partial charge is 0.417 e. The number of halogens is 3. The first-order chi connectivity index (χ1) is 27.9. The molecule has 4 amide bonds. The van der Waals surface area contributed by atoms with Gasteiger partial charge in [0.1, 0.15) is 17.3 Å². The first-order valence-electron chi connectivity index (χ1n) is 19.8. The molecule has 0 bridgehead atoms. The number of likely N-dealkylation sites (tertiary alicyclic amines) is 1. The van der Waals surface area contributed by atoms with E-state index in [0.29, 0.717) is 41.8 Å². The summed E-state index contributed by atoms with van der Waals surface area (Å²) in [6, 6.07) is 17.3. The van der Waals surface area contributed by atoms with Crippen LogP contribution in [-0.2, 0) is 25.4 Å². The predicted octanol–water partition coefficient (Wildman–Crippen LogP) is 7.27. The highest BCUT2D eigenvalue weighted by Crippen LogP contribution is 2.44. The third-order valence-electron chi connectivity index (χ3n) is 11.4. The van der Waals surface area contributed by atoms with Crippen molar-refractivity contribution in [2.75, 3.05) is 40.1 Å². The van der Waals surface area contributed by atoms with Gasteiger partial charge >= 0.3 is 6.18 Å². The summed E-state index contributed by atoms with van der Waals surface area (Å²) < 4.78 is 47.8. The van der Waals surface area contributed by atoms with Crippen LogP contribution in [0.3, 0.4) is 0 Å². The van der Waals surface area contributed by atoms with Gasteiger partial charge in [-0.15, -0.1) is 12.6 Å². The van der Waals surface area contributed by atoms with Crippen LogP contribution < -0.4 is 30.5 Å². The molecule has 3 aromatic rings. The van der Waals surface area contributed by atoms with E-state index < -0.39 is 40.3 Å².